The van der Waals surface area contributed by atoms with Crippen molar-refractivity contribution in [1.82, 2.24) is 20.4 Å². The van der Waals surface area contributed by atoms with Crippen molar-refractivity contribution >= 4 is 21.8 Å². The summed E-state index contributed by atoms with van der Waals surface area (Å²) in [7, 11) is 0. The molecule has 5 rings (SSSR count). The molecule has 1 amide bonds. The van der Waals surface area contributed by atoms with Gasteiger partial charge in [0.25, 0.3) is 0 Å². The number of fused-ring (bicyclic) bond motifs is 1. The second-order valence-corrected chi connectivity index (χ2v) is 8.89. The molecule has 9 heteroatoms. The Labute approximate surface area is 194 Å². The summed E-state index contributed by atoms with van der Waals surface area (Å²) >= 11 is 3.43. The molecule has 2 aliphatic heterocycles. The minimum Gasteiger partial charge on any atom is -0.454 e. The SMILES string of the molecule is O=C(NCc1ccc2c(c1)OCO2)C1CCN(Cc2nc(-c3ccc(Br)cc3)no2)CC1. The van der Waals surface area contributed by atoms with E-state index in [1.807, 2.05) is 42.5 Å². The first-order chi connectivity index (χ1) is 15.6. The third-order valence-electron chi connectivity index (χ3n) is 5.79. The van der Waals surface area contributed by atoms with Gasteiger partial charge in [-0.3, -0.25) is 9.69 Å². The van der Waals surface area contributed by atoms with Gasteiger partial charge in [0.15, 0.2) is 11.5 Å². The van der Waals surface area contributed by atoms with Crippen LogP contribution in [0.4, 0.5) is 0 Å². The number of halogens is 1. The lowest BCUT2D eigenvalue weighted by atomic mass is 9.96. The van der Waals surface area contributed by atoms with Gasteiger partial charge in [0.1, 0.15) is 0 Å². The van der Waals surface area contributed by atoms with Crippen LogP contribution >= 0.6 is 15.9 Å². The Morgan fingerprint density at radius 2 is 1.88 bits per heavy atom. The van der Waals surface area contributed by atoms with Crippen molar-refractivity contribution in [3.8, 4) is 22.9 Å². The van der Waals surface area contributed by atoms with Gasteiger partial charge < -0.3 is 19.3 Å². The highest BCUT2D eigenvalue weighted by Crippen LogP contribution is 2.32. The zero-order chi connectivity index (χ0) is 21.9. The molecule has 0 unspecified atom stereocenters. The Balaban J connectivity index is 1.09. The summed E-state index contributed by atoms with van der Waals surface area (Å²) in [5.41, 5.74) is 1.92. The van der Waals surface area contributed by atoms with Gasteiger partial charge in [-0.2, -0.15) is 4.98 Å². The highest BCUT2D eigenvalue weighted by molar-refractivity contribution is 9.10. The molecule has 0 atom stereocenters. The summed E-state index contributed by atoms with van der Waals surface area (Å²) in [6.45, 7) is 2.96. The number of nitrogens with zero attached hydrogens (tertiary/aromatic N) is 3. The Bertz CT molecular complexity index is 1090. The quantitative estimate of drug-likeness (QED) is 0.553. The topological polar surface area (TPSA) is 89.7 Å². The molecular weight excluding hydrogens is 476 g/mol. The predicted molar refractivity (Wildman–Crippen MR) is 120 cm³/mol. The summed E-state index contributed by atoms with van der Waals surface area (Å²) in [5, 5.41) is 7.14. The molecule has 1 saturated heterocycles. The van der Waals surface area contributed by atoms with Crippen LogP contribution in [0, 0.1) is 5.92 Å². The fourth-order valence-corrected chi connectivity index (χ4v) is 4.23. The van der Waals surface area contributed by atoms with Gasteiger partial charge in [0.2, 0.25) is 24.4 Å². The number of ether oxygens (including phenoxy) is 2. The van der Waals surface area contributed by atoms with Crippen LogP contribution in [0.1, 0.15) is 24.3 Å². The van der Waals surface area contributed by atoms with Crippen molar-refractivity contribution in [2.45, 2.75) is 25.9 Å². The van der Waals surface area contributed by atoms with E-state index in [2.05, 4.69) is 36.3 Å². The van der Waals surface area contributed by atoms with Crippen molar-refractivity contribution in [1.29, 1.82) is 0 Å². The van der Waals surface area contributed by atoms with Crippen LogP contribution in [-0.2, 0) is 17.9 Å². The molecule has 1 aromatic heterocycles. The maximum atomic E-state index is 12.6. The van der Waals surface area contributed by atoms with E-state index < -0.39 is 0 Å². The van der Waals surface area contributed by atoms with Gasteiger partial charge in [0, 0.05) is 22.5 Å². The molecule has 0 radical (unpaired) electrons. The van der Waals surface area contributed by atoms with Crippen molar-refractivity contribution in [3.63, 3.8) is 0 Å². The van der Waals surface area contributed by atoms with Crippen LogP contribution in [0.25, 0.3) is 11.4 Å². The van der Waals surface area contributed by atoms with E-state index in [1.165, 1.54) is 0 Å². The van der Waals surface area contributed by atoms with Crippen molar-refractivity contribution in [2.75, 3.05) is 19.9 Å². The smallest absolute Gasteiger partial charge is 0.241 e. The average Bonchev–Trinajstić information content (AvgIpc) is 3.48. The summed E-state index contributed by atoms with van der Waals surface area (Å²) in [5.74, 6) is 2.77. The van der Waals surface area contributed by atoms with E-state index in [0.29, 0.717) is 24.8 Å². The molecule has 0 bridgehead atoms. The zero-order valence-electron chi connectivity index (χ0n) is 17.4. The van der Waals surface area contributed by atoms with Gasteiger partial charge in [0.05, 0.1) is 6.54 Å². The number of piperidine rings is 1. The summed E-state index contributed by atoms with van der Waals surface area (Å²) in [4.78, 5) is 19.4. The normalized spacial score (nSPS) is 16.3. The first kappa shape index (κ1) is 21.0. The number of hydrogen-bond acceptors (Lipinski definition) is 7. The Morgan fingerprint density at radius 1 is 1.09 bits per heavy atom. The Kier molecular flexibility index (Phi) is 6.09. The molecular formula is C23H23BrN4O4. The molecule has 0 saturated carbocycles. The molecule has 166 valence electrons. The molecule has 8 nitrogen and oxygen atoms in total. The number of benzene rings is 2. The number of carbonyl (C=O) groups excluding carboxylic acids is 1. The first-order valence-corrected chi connectivity index (χ1v) is 11.4. The van der Waals surface area contributed by atoms with Crippen LogP contribution in [-0.4, -0.2) is 40.8 Å². The van der Waals surface area contributed by atoms with E-state index in [0.717, 1.165) is 53.0 Å². The summed E-state index contributed by atoms with van der Waals surface area (Å²) in [6.07, 6.45) is 1.61. The minimum absolute atomic E-state index is 0.0151. The van der Waals surface area contributed by atoms with Crippen LogP contribution in [0.3, 0.4) is 0 Å². The zero-order valence-corrected chi connectivity index (χ0v) is 19.0. The number of hydrogen-bond donors (Lipinski definition) is 1. The van der Waals surface area contributed by atoms with Gasteiger partial charge in [-0.05, 0) is 67.9 Å². The second kappa shape index (κ2) is 9.30. The molecule has 2 aromatic carbocycles. The molecule has 1 fully saturated rings. The molecule has 32 heavy (non-hydrogen) atoms. The van der Waals surface area contributed by atoms with Crippen LogP contribution < -0.4 is 14.8 Å². The molecule has 3 aromatic rings. The second-order valence-electron chi connectivity index (χ2n) is 7.97. The number of amides is 1. The molecule has 1 N–H and O–H groups in total. The maximum absolute atomic E-state index is 12.6. The highest BCUT2D eigenvalue weighted by Gasteiger charge is 2.26. The van der Waals surface area contributed by atoms with E-state index in [1.54, 1.807) is 0 Å². The van der Waals surface area contributed by atoms with Gasteiger partial charge in [-0.25, -0.2) is 0 Å². The average molecular weight is 499 g/mol. The Hall–Kier alpha value is -2.91. The predicted octanol–water partition coefficient (Wildman–Crippen LogP) is 3.76. The third-order valence-corrected chi connectivity index (χ3v) is 6.32. The number of carbonyl (C=O) groups is 1. The fraction of sp³-hybridized carbons (Fsp3) is 0.348. The van der Waals surface area contributed by atoms with E-state index in [9.17, 15) is 4.79 Å². The summed E-state index contributed by atoms with van der Waals surface area (Å²) in [6, 6.07) is 13.5. The van der Waals surface area contributed by atoms with E-state index >= 15 is 0 Å². The van der Waals surface area contributed by atoms with Gasteiger partial charge in [-0.1, -0.05) is 27.2 Å². The van der Waals surface area contributed by atoms with Crippen LogP contribution in [0.5, 0.6) is 11.5 Å². The maximum Gasteiger partial charge on any atom is 0.241 e. The molecule has 2 aliphatic rings. The molecule has 0 spiro atoms. The molecule has 3 heterocycles. The largest absolute Gasteiger partial charge is 0.454 e. The lowest BCUT2D eigenvalue weighted by Crippen LogP contribution is -2.40. The first-order valence-electron chi connectivity index (χ1n) is 10.6. The van der Waals surface area contributed by atoms with Crippen molar-refractivity contribution < 1.29 is 18.8 Å². The van der Waals surface area contributed by atoms with Crippen molar-refractivity contribution in [2.24, 2.45) is 5.92 Å². The van der Waals surface area contributed by atoms with Crippen LogP contribution in [0.15, 0.2) is 51.5 Å². The van der Waals surface area contributed by atoms with E-state index in [4.69, 9.17) is 14.0 Å². The molecule has 0 aliphatic carbocycles. The number of aromatic nitrogens is 2. The summed E-state index contributed by atoms with van der Waals surface area (Å²) < 4.78 is 17.2. The standard InChI is InChI=1S/C23H23BrN4O4/c24-18-4-2-16(3-5-18)22-26-21(32-27-22)13-28-9-7-17(8-10-28)23(29)25-12-15-1-6-19-20(11-15)31-14-30-19/h1-6,11,17H,7-10,12-14H2,(H,25,29). The fourth-order valence-electron chi connectivity index (χ4n) is 3.96. The number of nitrogens with one attached hydrogen (secondary N) is 1. The third kappa shape index (κ3) is 4.78. The lowest BCUT2D eigenvalue weighted by molar-refractivity contribution is -0.126. The highest BCUT2D eigenvalue weighted by atomic mass is 79.9. The number of rotatable bonds is 6. The minimum atomic E-state index is 0.0151. The Morgan fingerprint density at radius 3 is 2.69 bits per heavy atom. The lowest BCUT2D eigenvalue weighted by Gasteiger charge is -2.30. The van der Waals surface area contributed by atoms with Crippen LogP contribution in [0.2, 0.25) is 0 Å². The van der Waals surface area contributed by atoms with E-state index in [-0.39, 0.29) is 18.6 Å². The van der Waals surface area contributed by atoms with Gasteiger partial charge >= 0.3 is 0 Å². The number of likely N-dealkylation sites (tertiary alicyclic amines) is 1. The van der Waals surface area contributed by atoms with Crippen molar-refractivity contribution in [3.05, 3.63) is 58.4 Å². The monoisotopic (exact) mass is 498 g/mol. The van der Waals surface area contributed by atoms with Gasteiger partial charge in [-0.15, -0.1) is 0 Å².